The smallest absolute Gasteiger partial charge is 0.0112 e. The van der Waals surface area contributed by atoms with E-state index in [1.165, 1.54) is 205 Å². The van der Waals surface area contributed by atoms with Crippen molar-refractivity contribution in [1.82, 2.24) is 0 Å². The van der Waals surface area contributed by atoms with E-state index >= 15 is 0 Å². The van der Waals surface area contributed by atoms with Gasteiger partial charge in [0, 0.05) is 0 Å². The Labute approximate surface area is 760 Å². The molecule has 0 heterocycles. The topological polar surface area (TPSA) is 0 Å². The van der Waals surface area contributed by atoms with Gasteiger partial charge in [-0.15, -0.1) is 0 Å². The lowest BCUT2D eigenvalue weighted by Gasteiger charge is -2.30. The van der Waals surface area contributed by atoms with Crippen molar-refractivity contribution in [3.05, 3.63) is 485 Å². The minimum atomic E-state index is -0.409. The molecule has 0 saturated carbocycles. The van der Waals surface area contributed by atoms with E-state index in [0.717, 1.165) is 0 Å². The fraction of sp³-hybridized carbons (Fsp3) is 0.179. The molecule has 0 N–H and O–H groups in total. The van der Waals surface area contributed by atoms with Crippen molar-refractivity contribution >= 4 is 148 Å². The zero-order chi connectivity index (χ0) is 85.4. The number of hydrogen-bond donors (Lipinski definition) is 0. The maximum atomic E-state index is 2.45. The van der Waals surface area contributed by atoms with Crippen LogP contribution in [0, 0.1) is 0 Å². The summed E-state index contributed by atoms with van der Waals surface area (Å²) in [5, 5.41) is 23.9. The largest absolute Gasteiger partial charge is 0.0622 e. The van der Waals surface area contributed by atoms with Crippen molar-refractivity contribution in [2.75, 3.05) is 43.1 Å². The van der Waals surface area contributed by atoms with E-state index in [-0.39, 0.29) is 55.5 Å². The van der Waals surface area contributed by atoms with Crippen molar-refractivity contribution in [2.24, 2.45) is 0 Å². The SMILES string of the molecule is CC(CP(c1ccccc1)c1ccccc1)P(c1ccccc1)c1ccccc1.c1ccc(P(CCCCCCCCP(c2ccccc2)c2ccccc2)c2ccccc2)cc1.c1ccc(P(CCCCCCP(c2ccccc2)c2ccccc2)c2ccccc2)cc1.c1ccc(P(CCCCP(c2ccccc2)c2ccccc2)c2ccccc2)cc1. The molecule has 16 aromatic rings. The fourth-order valence-electron chi connectivity index (χ4n) is 16.2. The van der Waals surface area contributed by atoms with Crippen LogP contribution < -0.4 is 84.9 Å². The van der Waals surface area contributed by atoms with Gasteiger partial charge < -0.3 is 0 Å². The molecule has 16 aromatic carbocycles. The first-order valence-corrected chi connectivity index (χ1v) is 57.2. The summed E-state index contributed by atoms with van der Waals surface area (Å²) < 4.78 is 0. The highest BCUT2D eigenvalue weighted by atomic mass is 31.1. The van der Waals surface area contributed by atoms with E-state index in [1.54, 1.807) is 0 Å². The third-order valence-electron chi connectivity index (χ3n) is 22.4. The molecular formula is C117H122P8. The summed E-state index contributed by atoms with van der Waals surface area (Å²) in [7, 11) is -2.34. The Kier molecular flexibility index (Phi) is 41.1. The molecule has 0 fully saturated rings. The van der Waals surface area contributed by atoms with E-state index in [1.807, 2.05) is 0 Å². The predicted molar refractivity (Wildman–Crippen MR) is 572 cm³/mol. The summed E-state index contributed by atoms with van der Waals surface area (Å²) in [5.74, 6) is 0. The Morgan fingerprint density at radius 2 is 0.232 bits per heavy atom. The predicted octanol–water partition coefficient (Wildman–Crippen LogP) is 26.1. The van der Waals surface area contributed by atoms with Gasteiger partial charge in [-0.25, -0.2) is 0 Å². The van der Waals surface area contributed by atoms with E-state index in [9.17, 15) is 0 Å². The van der Waals surface area contributed by atoms with Crippen molar-refractivity contribution in [1.29, 1.82) is 0 Å². The second-order valence-corrected chi connectivity index (χ2v) is 50.3. The van der Waals surface area contributed by atoms with Gasteiger partial charge in [-0.2, -0.15) is 0 Å². The van der Waals surface area contributed by atoms with E-state index in [0.29, 0.717) is 5.66 Å². The summed E-state index contributed by atoms with van der Waals surface area (Å²) in [5.41, 5.74) is 0.585. The minimum Gasteiger partial charge on any atom is -0.0622 e. The number of benzene rings is 16. The second kappa shape index (κ2) is 54.9. The molecule has 0 bridgehead atoms. The van der Waals surface area contributed by atoms with Gasteiger partial charge in [-0.1, -0.05) is 531 Å². The first kappa shape index (κ1) is 93.6. The van der Waals surface area contributed by atoms with Crippen molar-refractivity contribution in [3.8, 4) is 0 Å². The summed E-state index contributed by atoms with van der Waals surface area (Å²) in [4.78, 5) is 0. The molecule has 1 atom stereocenters. The van der Waals surface area contributed by atoms with Gasteiger partial charge in [-0.3, -0.25) is 0 Å². The molecule has 0 spiro atoms. The highest BCUT2D eigenvalue weighted by molar-refractivity contribution is 7.77. The van der Waals surface area contributed by atoms with Crippen LogP contribution in [-0.4, -0.2) is 48.8 Å². The molecule has 0 nitrogen and oxygen atoms in total. The lowest BCUT2D eigenvalue weighted by Crippen LogP contribution is -2.25. The van der Waals surface area contributed by atoms with Crippen LogP contribution in [0.25, 0.3) is 0 Å². The van der Waals surface area contributed by atoms with Crippen LogP contribution in [0.1, 0.15) is 84.0 Å². The van der Waals surface area contributed by atoms with Gasteiger partial charge in [0.25, 0.3) is 0 Å². The van der Waals surface area contributed by atoms with E-state index in [4.69, 9.17) is 0 Å². The first-order valence-electron chi connectivity index (χ1n) is 45.1. The summed E-state index contributed by atoms with van der Waals surface area (Å²) in [6.07, 6.45) is 24.8. The lowest BCUT2D eigenvalue weighted by atomic mass is 10.1. The molecule has 0 radical (unpaired) electrons. The summed E-state index contributed by atoms with van der Waals surface area (Å²) in [6, 6.07) is 178. The molecule has 0 aromatic heterocycles. The third kappa shape index (κ3) is 30.9. The molecule has 0 aliphatic rings. The molecule has 630 valence electrons. The molecular weight excluding hydrogens is 1650 g/mol. The summed E-state index contributed by atoms with van der Waals surface area (Å²) >= 11 is 0. The standard InChI is InChI=1S/C32H36P2.C30H32P2.C28H28P2.C27H26P2/c1(3-17-27-33(29-19-9-5-10-20-29)30-21-11-6-12-22-30)2-4-18-28-34(31-23-13-7-14-24-31)32-25-15-8-16-26-32;1(15-25-31(27-17-7-3-8-18-27)28-19-9-4-10-20-28)2-16-26-32(29-21-11-5-12-22-29)30-23-13-6-14-24-30;1-5-15-25(16-6-1)29(26-17-7-2-8-18-26)23-13-14-24-30(27-19-9-3-10-20-27)28-21-11-4-12-22-28;1-23(29(26-18-10-4-11-19-26)27-20-12-5-13-21-27)22-28(24-14-6-2-7-15-24)25-16-8-3-9-17-25/h5-16,19-26H,1-4,17-18,27-28H2;3-14,17-24H,1-2,15-16,25-26H2;1-12,15-22H,13-14,23-24H2;2-21,23H,22H2,1H3. The van der Waals surface area contributed by atoms with Crippen LogP contribution in [0.4, 0.5) is 0 Å². The highest BCUT2D eigenvalue weighted by Gasteiger charge is 2.27. The minimum absolute atomic E-state index is 0.236. The van der Waals surface area contributed by atoms with Crippen molar-refractivity contribution in [2.45, 2.75) is 89.6 Å². The molecule has 8 heteroatoms. The van der Waals surface area contributed by atoms with Crippen LogP contribution >= 0.6 is 63.4 Å². The maximum Gasteiger partial charge on any atom is -0.0112 e. The quantitative estimate of drug-likeness (QED) is 0.0265. The molecule has 125 heavy (non-hydrogen) atoms. The molecule has 0 aliphatic carbocycles. The van der Waals surface area contributed by atoms with Crippen LogP contribution in [0.3, 0.4) is 0 Å². The first-order chi connectivity index (χ1) is 62.1. The van der Waals surface area contributed by atoms with Gasteiger partial charge in [0.2, 0.25) is 0 Å². The van der Waals surface area contributed by atoms with Gasteiger partial charge in [0.1, 0.15) is 0 Å². The molecule has 0 amide bonds. The number of hydrogen-bond acceptors (Lipinski definition) is 0. The average Bonchev–Trinajstić information content (AvgIpc) is 0.806. The fourth-order valence-corrected chi connectivity index (χ4v) is 36.4. The van der Waals surface area contributed by atoms with Crippen molar-refractivity contribution < 1.29 is 0 Å². The Bertz CT molecular complexity index is 4840. The third-order valence-corrected chi connectivity index (χ3v) is 43.9. The van der Waals surface area contributed by atoms with Gasteiger partial charge >= 0.3 is 0 Å². The zero-order valence-electron chi connectivity index (χ0n) is 72.8. The van der Waals surface area contributed by atoms with Crippen LogP contribution in [-0.2, 0) is 0 Å². The van der Waals surface area contributed by atoms with Crippen LogP contribution in [0.5, 0.6) is 0 Å². The van der Waals surface area contributed by atoms with Crippen LogP contribution in [0.2, 0.25) is 0 Å². The normalized spacial score (nSPS) is 11.4. The molecule has 0 saturated heterocycles. The Morgan fingerprint density at radius 1 is 0.128 bits per heavy atom. The highest BCUT2D eigenvalue weighted by Crippen LogP contribution is 2.47. The van der Waals surface area contributed by atoms with Gasteiger partial charge in [0.05, 0.1) is 0 Å². The second-order valence-electron chi connectivity index (χ2n) is 31.4. The lowest BCUT2D eigenvalue weighted by molar-refractivity contribution is 0.628. The van der Waals surface area contributed by atoms with Gasteiger partial charge in [-0.05, 0) is 236 Å². The Balaban J connectivity index is 0.000000143. The molecule has 16 rings (SSSR count). The number of unbranched alkanes of at least 4 members (excludes halogenated alkanes) is 9. The maximum absolute atomic E-state index is 2.45. The van der Waals surface area contributed by atoms with Crippen LogP contribution in [0.15, 0.2) is 485 Å². The van der Waals surface area contributed by atoms with Crippen molar-refractivity contribution in [3.63, 3.8) is 0 Å². The van der Waals surface area contributed by atoms with Gasteiger partial charge in [0.15, 0.2) is 0 Å². The summed E-state index contributed by atoms with van der Waals surface area (Å²) in [6.45, 7) is 2.45. The molecule has 0 aliphatic heterocycles. The average molecular weight is 1780 g/mol. The number of rotatable bonds is 40. The van der Waals surface area contributed by atoms with E-state index in [2.05, 4.69) is 492 Å². The molecule has 1 unspecified atom stereocenters. The van der Waals surface area contributed by atoms with E-state index < -0.39 is 7.92 Å². The Hall–Kier alpha value is -9.04. The Morgan fingerprint density at radius 3 is 0.368 bits per heavy atom. The zero-order valence-corrected chi connectivity index (χ0v) is 79.9. The monoisotopic (exact) mass is 1770 g/mol.